The van der Waals surface area contributed by atoms with Crippen LogP contribution >= 0.6 is 0 Å². The van der Waals surface area contributed by atoms with Crippen molar-refractivity contribution >= 4 is 17.6 Å². The Hall–Kier alpha value is -3.22. The number of carboxylic acids is 1. The number of anilines is 1. The second-order valence-electron chi connectivity index (χ2n) is 4.94. The molecule has 1 amide bonds. The van der Waals surface area contributed by atoms with Gasteiger partial charge in [0.05, 0.1) is 25.0 Å². The molecule has 0 spiro atoms. The Balaban J connectivity index is 2.02. The van der Waals surface area contributed by atoms with E-state index >= 15 is 0 Å². The van der Waals surface area contributed by atoms with Crippen molar-refractivity contribution in [3.05, 3.63) is 48.0 Å². The highest BCUT2D eigenvalue weighted by molar-refractivity contribution is 5.93. The van der Waals surface area contributed by atoms with Crippen molar-refractivity contribution in [2.45, 2.75) is 6.92 Å². The predicted octanol–water partition coefficient (Wildman–Crippen LogP) is 2.81. The maximum atomic E-state index is 12.1. The van der Waals surface area contributed by atoms with Gasteiger partial charge in [-0.2, -0.15) is 0 Å². The fourth-order valence-corrected chi connectivity index (χ4v) is 2.10. The first kappa shape index (κ1) is 18.1. The molecule has 25 heavy (non-hydrogen) atoms. The zero-order valence-corrected chi connectivity index (χ0v) is 13.9. The van der Waals surface area contributed by atoms with Crippen LogP contribution < -0.4 is 19.5 Å². The molecule has 7 nitrogen and oxygen atoms in total. The number of nitrogens with one attached hydrogen (secondary N) is 1. The molecule has 0 heterocycles. The lowest BCUT2D eigenvalue weighted by molar-refractivity contribution is -0.118. The number of aromatic carboxylic acids is 1. The first-order valence-electron chi connectivity index (χ1n) is 7.61. The molecule has 0 saturated carbocycles. The predicted molar refractivity (Wildman–Crippen MR) is 91.7 cm³/mol. The van der Waals surface area contributed by atoms with Crippen molar-refractivity contribution in [3.8, 4) is 17.2 Å². The van der Waals surface area contributed by atoms with Crippen LogP contribution in [0.3, 0.4) is 0 Å². The lowest BCUT2D eigenvalue weighted by Crippen LogP contribution is -2.20. The molecule has 0 unspecified atom stereocenters. The van der Waals surface area contributed by atoms with E-state index < -0.39 is 5.97 Å². The van der Waals surface area contributed by atoms with Crippen molar-refractivity contribution in [1.82, 2.24) is 0 Å². The average molecular weight is 345 g/mol. The zero-order valence-electron chi connectivity index (χ0n) is 13.9. The first-order chi connectivity index (χ1) is 12.0. The summed E-state index contributed by atoms with van der Waals surface area (Å²) in [4.78, 5) is 23.1. The summed E-state index contributed by atoms with van der Waals surface area (Å²) < 4.78 is 16.0. The molecule has 0 aliphatic carbocycles. The molecule has 7 heteroatoms. The Kier molecular flexibility index (Phi) is 6.22. The standard InChI is InChI=1S/C18H19NO6/c1-3-24-14-7-5-4-6-13(14)19-17(20)11-25-15-9-8-12(18(21)22)10-16(15)23-2/h4-10H,3,11H2,1-2H3,(H,19,20)(H,21,22). The molecule has 132 valence electrons. The Morgan fingerprint density at radius 3 is 2.48 bits per heavy atom. The summed E-state index contributed by atoms with van der Waals surface area (Å²) in [5.74, 6) is -0.364. The maximum absolute atomic E-state index is 12.1. The summed E-state index contributed by atoms with van der Waals surface area (Å²) in [5, 5.41) is 11.7. The van der Waals surface area contributed by atoms with Gasteiger partial charge in [0.25, 0.3) is 5.91 Å². The Bertz CT molecular complexity index is 759. The number of hydrogen-bond acceptors (Lipinski definition) is 5. The van der Waals surface area contributed by atoms with Gasteiger partial charge in [-0.05, 0) is 37.3 Å². The minimum atomic E-state index is -1.07. The second-order valence-corrected chi connectivity index (χ2v) is 4.94. The second kappa shape index (κ2) is 8.58. The van der Waals surface area contributed by atoms with Gasteiger partial charge in [-0.25, -0.2) is 4.79 Å². The summed E-state index contributed by atoms with van der Waals surface area (Å²) >= 11 is 0. The number of methoxy groups -OCH3 is 1. The molecule has 0 saturated heterocycles. The number of rotatable bonds is 8. The lowest BCUT2D eigenvalue weighted by Gasteiger charge is -2.13. The number of hydrogen-bond donors (Lipinski definition) is 2. The molecule has 0 radical (unpaired) electrons. The van der Waals surface area contributed by atoms with Gasteiger partial charge in [0.15, 0.2) is 18.1 Å². The molecule has 0 atom stereocenters. The highest BCUT2D eigenvalue weighted by Crippen LogP contribution is 2.28. The summed E-state index contributed by atoms with van der Waals surface area (Å²) in [6.45, 7) is 2.08. The van der Waals surface area contributed by atoms with E-state index in [0.717, 1.165) is 0 Å². The van der Waals surface area contributed by atoms with E-state index in [1.54, 1.807) is 18.2 Å². The van der Waals surface area contributed by atoms with E-state index in [1.807, 2.05) is 13.0 Å². The minimum Gasteiger partial charge on any atom is -0.493 e. The largest absolute Gasteiger partial charge is 0.493 e. The number of ether oxygens (including phenoxy) is 3. The normalized spacial score (nSPS) is 10.0. The molecule has 0 aliphatic heterocycles. The van der Waals surface area contributed by atoms with E-state index in [0.29, 0.717) is 18.0 Å². The fraction of sp³-hybridized carbons (Fsp3) is 0.222. The van der Waals surface area contributed by atoms with Crippen molar-refractivity contribution in [2.75, 3.05) is 25.6 Å². The van der Waals surface area contributed by atoms with Crippen LogP contribution in [0.2, 0.25) is 0 Å². The Morgan fingerprint density at radius 2 is 1.80 bits per heavy atom. The quantitative estimate of drug-likeness (QED) is 0.764. The molecular weight excluding hydrogens is 326 g/mol. The van der Waals surface area contributed by atoms with Gasteiger partial charge in [-0.1, -0.05) is 12.1 Å². The topological polar surface area (TPSA) is 94.1 Å². The van der Waals surface area contributed by atoms with Gasteiger partial charge in [-0.15, -0.1) is 0 Å². The summed E-state index contributed by atoms with van der Waals surface area (Å²) in [6.07, 6.45) is 0. The first-order valence-corrected chi connectivity index (χ1v) is 7.61. The smallest absolute Gasteiger partial charge is 0.335 e. The molecule has 2 aromatic carbocycles. The van der Waals surface area contributed by atoms with Gasteiger partial charge >= 0.3 is 5.97 Å². The van der Waals surface area contributed by atoms with Crippen LogP contribution in [0.4, 0.5) is 5.69 Å². The molecular formula is C18H19NO6. The van der Waals surface area contributed by atoms with Crippen LogP contribution in [-0.2, 0) is 4.79 Å². The molecule has 2 aromatic rings. The number of para-hydroxylation sites is 2. The van der Waals surface area contributed by atoms with Crippen LogP contribution in [0.5, 0.6) is 17.2 Å². The fourth-order valence-electron chi connectivity index (χ4n) is 2.10. The van der Waals surface area contributed by atoms with Gasteiger partial charge in [-0.3, -0.25) is 4.79 Å². The Morgan fingerprint density at radius 1 is 1.04 bits per heavy atom. The maximum Gasteiger partial charge on any atom is 0.335 e. The van der Waals surface area contributed by atoms with Gasteiger partial charge in [0.1, 0.15) is 5.75 Å². The summed E-state index contributed by atoms with van der Waals surface area (Å²) in [7, 11) is 1.40. The Labute approximate surface area is 145 Å². The van der Waals surface area contributed by atoms with Crippen molar-refractivity contribution in [3.63, 3.8) is 0 Å². The molecule has 0 aromatic heterocycles. The highest BCUT2D eigenvalue weighted by atomic mass is 16.5. The average Bonchev–Trinajstić information content (AvgIpc) is 2.61. The van der Waals surface area contributed by atoms with Crippen molar-refractivity contribution < 1.29 is 28.9 Å². The third kappa shape index (κ3) is 4.87. The third-order valence-corrected chi connectivity index (χ3v) is 3.23. The summed E-state index contributed by atoms with van der Waals surface area (Å²) in [5.41, 5.74) is 0.616. The van der Waals surface area contributed by atoms with Crippen LogP contribution in [0.15, 0.2) is 42.5 Å². The number of amides is 1. The highest BCUT2D eigenvalue weighted by Gasteiger charge is 2.12. The van der Waals surface area contributed by atoms with Crippen molar-refractivity contribution in [1.29, 1.82) is 0 Å². The van der Waals surface area contributed by atoms with Crippen LogP contribution in [0, 0.1) is 0 Å². The molecule has 0 aliphatic rings. The number of carbonyl (C=O) groups excluding carboxylic acids is 1. The van der Waals surface area contributed by atoms with Crippen LogP contribution in [0.1, 0.15) is 17.3 Å². The molecule has 0 fully saturated rings. The van der Waals surface area contributed by atoms with Crippen LogP contribution in [-0.4, -0.2) is 37.3 Å². The SMILES string of the molecule is CCOc1ccccc1NC(=O)COc1ccc(C(=O)O)cc1OC. The number of carbonyl (C=O) groups is 2. The minimum absolute atomic E-state index is 0.0688. The third-order valence-electron chi connectivity index (χ3n) is 3.23. The van der Waals surface area contributed by atoms with E-state index in [4.69, 9.17) is 19.3 Å². The lowest BCUT2D eigenvalue weighted by atomic mass is 10.2. The van der Waals surface area contributed by atoms with Gasteiger partial charge < -0.3 is 24.6 Å². The number of benzene rings is 2. The van der Waals surface area contributed by atoms with Crippen molar-refractivity contribution in [2.24, 2.45) is 0 Å². The van der Waals surface area contributed by atoms with Gasteiger partial charge in [0.2, 0.25) is 0 Å². The summed E-state index contributed by atoms with van der Waals surface area (Å²) in [6, 6.07) is 11.2. The van der Waals surface area contributed by atoms with E-state index in [1.165, 1.54) is 25.3 Å². The molecule has 2 N–H and O–H groups in total. The molecule has 2 rings (SSSR count). The zero-order chi connectivity index (χ0) is 18.2. The van der Waals surface area contributed by atoms with Gasteiger partial charge in [0, 0.05) is 0 Å². The van der Waals surface area contributed by atoms with E-state index in [9.17, 15) is 9.59 Å². The van der Waals surface area contributed by atoms with Crippen LogP contribution in [0.25, 0.3) is 0 Å². The number of carboxylic acid groups (broad SMARTS) is 1. The molecule has 0 bridgehead atoms. The monoisotopic (exact) mass is 345 g/mol. The van der Waals surface area contributed by atoms with E-state index in [2.05, 4.69) is 5.32 Å². The van der Waals surface area contributed by atoms with E-state index in [-0.39, 0.29) is 29.6 Å².